The van der Waals surface area contributed by atoms with Crippen molar-refractivity contribution < 1.29 is 9.50 Å². The maximum Gasteiger partial charge on any atom is 0.129 e. The molecule has 1 N–H and O–H groups in total. The number of hydrogen-bond donors (Lipinski definition) is 1. The summed E-state index contributed by atoms with van der Waals surface area (Å²) in [5.41, 5.74) is 0.0616. The zero-order chi connectivity index (χ0) is 10.7. The van der Waals surface area contributed by atoms with Gasteiger partial charge in [-0.05, 0) is 25.1 Å². The summed E-state index contributed by atoms with van der Waals surface area (Å²) in [4.78, 5) is 0. The third kappa shape index (κ3) is 2.22. The van der Waals surface area contributed by atoms with Crippen LogP contribution < -0.4 is 0 Å². The second kappa shape index (κ2) is 4.41. The van der Waals surface area contributed by atoms with Crippen LogP contribution >= 0.6 is 11.6 Å². The van der Waals surface area contributed by atoms with Crippen LogP contribution in [0.15, 0.2) is 18.2 Å². The molecule has 2 unspecified atom stereocenters. The van der Waals surface area contributed by atoms with E-state index in [4.69, 9.17) is 16.9 Å². The quantitative estimate of drug-likeness (QED) is 0.821. The monoisotopic (exact) mass is 213 g/mol. The number of aliphatic hydroxyl groups excluding tert-OH is 1. The van der Waals surface area contributed by atoms with Gasteiger partial charge in [0.25, 0.3) is 0 Å². The highest BCUT2D eigenvalue weighted by Crippen LogP contribution is 2.26. The van der Waals surface area contributed by atoms with E-state index in [1.54, 1.807) is 0 Å². The lowest BCUT2D eigenvalue weighted by Gasteiger charge is -2.13. The zero-order valence-electron chi connectivity index (χ0n) is 7.54. The molecule has 4 heteroatoms. The third-order valence-electron chi connectivity index (χ3n) is 1.95. The highest BCUT2D eigenvalue weighted by atomic mass is 35.5. The Balaban J connectivity index is 3.07. The largest absolute Gasteiger partial charge is 0.387 e. The van der Waals surface area contributed by atoms with Crippen LogP contribution in [-0.2, 0) is 0 Å². The summed E-state index contributed by atoms with van der Waals surface area (Å²) in [5, 5.41) is 18.5. The molecule has 0 saturated heterocycles. The number of hydrogen-bond acceptors (Lipinski definition) is 2. The van der Waals surface area contributed by atoms with Crippen molar-refractivity contribution in [3.63, 3.8) is 0 Å². The summed E-state index contributed by atoms with van der Waals surface area (Å²) < 4.78 is 13.2. The lowest BCUT2D eigenvalue weighted by Crippen LogP contribution is -2.08. The van der Waals surface area contributed by atoms with Gasteiger partial charge in [-0.3, -0.25) is 0 Å². The molecular formula is C10H9ClFNO. The second-order valence-electron chi connectivity index (χ2n) is 3.03. The molecule has 0 aliphatic heterocycles. The molecule has 1 aromatic rings. The van der Waals surface area contributed by atoms with Crippen molar-refractivity contribution in [2.45, 2.75) is 13.0 Å². The number of halogens is 2. The second-order valence-corrected chi connectivity index (χ2v) is 3.46. The molecule has 0 spiro atoms. The molecule has 74 valence electrons. The third-order valence-corrected chi connectivity index (χ3v) is 2.19. The number of nitriles is 1. The number of nitrogens with zero attached hydrogens (tertiary/aromatic N) is 1. The molecule has 0 heterocycles. The summed E-state index contributed by atoms with van der Waals surface area (Å²) in [5.74, 6) is -1.22. The van der Waals surface area contributed by atoms with Crippen molar-refractivity contribution in [3.05, 3.63) is 34.6 Å². The number of aliphatic hydroxyl groups is 1. The van der Waals surface area contributed by atoms with Crippen molar-refractivity contribution in [1.82, 2.24) is 0 Å². The van der Waals surface area contributed by atoms with E-state index < -0.39 is 17.8 Å². The normalized spacial score (nSPS) is 14.5. The lowest BCUT2D eigenvalue weighted by molar-refractivity contribution is 0.138. The first-order chi connectivity index (χ1) is 6.56. The minimum Gasteiger partial charge on any atom is -0.387 e. The van der Waals surface area contributed by atoms with Gasteiger partial charge in [-0.25, -0.2) is 4.39 Å². The van der Waals surface area contributed by atoms with Crippen LogP contribution in [0.2, 0.25) is 5.02 Å². The van der Waals surface area contributed by atoms with E-state index in [1.807, 2.05) is 6.07 Å². The van der Waals surface area contributed by atoms with Crippen LogP contribution in [0.3, 0.4) is 0 Å². The van der Waals surface area contributed by atoms with Crippen LogP contribution in [0.4, 0.5) is 4.39 Å². The van der Waals surface area contributed by atoms with Crippen LogP contribution in [-0.4, -0.2) is 5.11 Å². The maximum atomic E-state index is 13.2. The Morgan fingerprint density at radius 1 is 1.57 bits per heavy atom. The van der Waals surface area contributed by atoms with Crippen molar-refractivity contribution in [3.8, 4) is 6.07 Å². The van der Waals surface area contributed by atoms with Gasteiger partial charge in [0.15, 0.2) is 0 Å². The minimum atomic E-state index is -1.14. The van der Waals surface area contributed by atoms with Crippen LogP contribution in [0.5, 0.6) is 0 Å². The Bertz CT molecular complexity index is 375. The van der Waals surface area contributed by atoms with Crippen molar-refractivity contribution in [2.24, 2.45) is 5.92 Å². The molecule has 0 radical (unpaired) electrons. The number of benzene rings is 1. The van der Waals surface area contributed by atoms with Gasteiger partial charge in [0.05, 0.1) is 18.1 Å². The fourth-order valence-electron chi connectivity index (χ4n) is 1.08. The average molecular weight is 214 g/mol. The predicted molar refractivity (Wildman–Crippen MR) is 51.1 cm³/mol. The van der Waals surface area contributed by atoms with Crippen LogP contribution in [0.1, 0.15) is 18.6 Å². The Morgan fingerprint density at radius 3 is 2.79 bits per heavy atom. The summed E-state index contributed by atoms with van der Waals surface area (Å²) in [6.07, 6.45) is -1.14. The van der Waals surface area contributed by atoms with E-state index >= 15 is 0 Å². The first kappa shape index (κ1) is 11.0. The molecule has 0 fully saturated rings. The van der Waals surface area contributed by atoms with Gasteiger partial charge in [0, 0.05) is 10.6 Å². The average Bonchev–Trinajstić information content (AvgIpc) is 2.19. The molecule has 1 aromatic carbocycles. The SMILES string of the molecule is CC(C#N)C(O)c1cc(Cl)ccc1F. The number of rotatable bonds is 2. The minimum absolute atomic E-state index is 0.0616. The van der Waals surface area contributed by atoms with Gasteiger partial charge in [0.1, 0.15) is 5.82 Å². The van der Waals surface area contributed by atoms with E-state index in [2.05, 4.69) is 0 Å². The van der Waals surface area contributed by atoms with Crippen molar-refractivity contribution in [1.29, 1.82) is 5.26 Å². The first-order valence-electron chi connectivity index (χ1n) is 4.09. The van der Waals surface area contributed by atoms with Crippen molar-refractivity contribution in [2.75, 3.05) is 0 Å². The molecular weight excluding hydrogens is 205 g/mol. The molecule has 2 nitrogen and oxygen atoms in total. The fourth-order valence-corrected chi connectivity index (χ4v) is 1.26. The summed E-state index contributed by atoms with van der Waals surface area (Å²) in [6, 6.07) is 5.74. The van der Waals surface area contributed by atoms with E-state index in [0.717, 1.165) is 0 Å². The molecule has 0 saturated carbocycles. The van der Waals surface area contributed by atoms with Gasteiger partial charge in [-0.1, -0.05) is 11.6 Å². The standard InChI is InChI=1S/C10H9ClFNO/c1-6(5-13)10(14)8-4-7(11)2-3-9(8)12/h2-4,6,10,14H,1H3. The van der Waals surface area contributed by atoms with Crippen LogP contribution in [0, 0.1) is 23.1 Å². The predicted octanol–water partition coefficient (Wildman–Crippen LogP) is 2.67. The van der Waals surface area contributed by atoms with E-state index in [0.29, 0.717) is 5.02 Å². The Hall–Kier alpha value is -1.11. The van der Waals surface area contributed by atoms with Crippen LogP contribution in [0.25, 0.3) is 0 Å². The topological polar surface area (TPSA) is 44.0 Å². The summed E-state index contributed by atoms with van der Waals surface area (Å²) >= 11 is 5.65. The zero-order valence-corrected chi connectivity index (χ0v) is 8.29. The Kier molecular flexibility index (Phi) is 3.45. The molecule has 0 bridgehead atoms. The van der Waals surface area contributed by atoms with Crippen molar-refractivity contribution >= 4 is 11.6 Å². The maximum absolute atomic E-state index is 13.2. The molecule has 0 aliphatic carbocycles. The molecule has 2 atom stereocenters. The molecule has 14 heavy (non-hydrogen) atoms. The van der Waals surface area contributed by atoms with Gasteiger partial charge in [-0.15, -0.1) is 0 Å². The Labute approximate surface area is 86.5 Å². The highest BCUT2D eigenvalue weighted by Gasteiger charge is 2.19. The van der Waals surface area contributed by atoms with Gasteiger partial charge < -0.3 is 5.11 Å². The summed E-state index contributed by atoms with van der Waals surface area (Å²) in [7, 11) is 0. The molecule has 0 aromatic heterocycles. The molecule has 1 rings (SSSR count). The fraction of sp³-hybridized carbons (Fsp3) is 0.300. The van der Waals surface area contributed by atoms with Gasteiger partial charge in [0.2, 0.25) is 0 Å². The van der Waals surface area contributed by atoms with E-state index in [-0.39, 0.29) is 5.56 Å². The smallest absolute Gasteiger partial charge is 0.129 e. The van der Waals surface area contributed by atoms with E-state index in [1.165, 1.54) is 25.1 Å². The highest BCUT2D eigenvalue weighted by molar-refractivity contribution is 6.30. The van der Waals surface area contributed by atoms with Gasteiger partial charge >= 0.3 is 0 Å². The molecule has 0 amide bonds. The van der Waals surface area contributed by atoms with Gasteiger partial charge in [-0.2, -0.15) is 5.26 Å². The summed E-state index contributed by atoms with van der Waals surface area (Å²) in [6.45, 7) is 1.52. The lowest BCUT2D eigenvalue weighted by atomic mass is 9.98. The van der Waals surface area contributed by atoms with E-state index in [9.17, 15) is 9.50 Å². The first-order valence-corrected chi connectivity index (χ1v) is 4.46. The Morgan fingerprint density at radius 2 is 2.21 bits per heavy atom. The molecule has 0 aliphatic rings.